The number of hydrogen-bond acceptors (Lipinski definition) is 3. The summed E-state index contributed by atoms with van der Waals surface area (Å²) in [6.07, 6.45) is 0. The molecule has 0 aromatic heterocycles. The molecule has 0 aliphatic rings. The molecule has 0 saturated carbocycles. The van der Waals surface area contributed by atoms with Gasteiger partial charge in [-0.05, 0) is 12.1 Å². The molecule has 0 amide bonds. The first-order valence-electron chi connectivity index (χ1n) is 4.43. The summed E-state index contributed by atoms with van der Waals surface area (Å²) in [4.78, 5) is 15.3. The first kappa shape index (κ1) is 14.6. The summed E-state index contributed by atoms with van der Waals surface area (Å²) in [5.41, 5.74) is 0.350. The van der Waals surface area contributed by atoms with E-state index in [1.807, 2.05) is 0 Å². The Balaban J connectivity index is 2.77. The zero-order valence-corrected chi connectivity index (χ0v) is 11.4. The Morgan fingerprint density at radius 3 is 2.53 bits per heavy atom. The quantitative estimate of drug-likeness (QED) is 0.366. The van der Waals surface area contributed by atoms with Crippen molar-refractivity contribution >= 4 is 58.1 Å². The Labute approximate surface area is 118 Å². The summed E-state index contributed by atoms with van der Waals surface area (Å²) in [5.74, 6) is -0.736. The van der Waals surface area contributed by atoms with Gasteiger partial charge in [-0.3, -0.25) is 0 Å². The number of benzene rings is 1. The van der Waals surface area contributed by atoms with Crippen LogP contribution in [-0.2, 0) is 4.84 Å². The molecule has 0 radical (unpaired) electrons. The number of alkyl halides is 3. The van der Waals surface area contributed by atoms with Gasteiger partial charge >= 0.3 is 5.97 Å². The summed E-state index contributed by atoms with van der Waals surface area (Å²) >= 11 is 22.4. The molecule has 17 heavy (non-hydrogen) atoms. The van der Waals surface area contributed by atoms with Crippen LogP contribution in [0, 0.1) is 0 Å². The Hall–Kier alpha value is -0.480. The van der Waals surface area contributed by atoms with Crippen molar-refractivity contribution in [1.82, 2.24) is 0 Å². The van der Waals surface area contributed by atoms with Gasteiger partial charge in [-0.15, -0.1) is 11.6 Å². The Morgan fingerprint density at radius 1 is 1.35 bits per heavy atom. The van der Waals surface area contributed by atoms with Crippen LogP contribution >= 0.6 is 46.4 Å². The van der Waals surface area contributed by atoms with E-state index in [-0.39, 0.29) is 22.2 Å². The maximum absolute atomic E-state index is 11.6. The number of carbonyl (C=O) groups excluding carboxylic acids is 1. The highest BCUT2D eigenvalue weighted by Crippen LogP contribution is 2.16. The number of halogens is 4. The van der Waals surface area contributed by atoms with Gasteiger partial charge in [-0.1, -0.05) is 52.1 Å². The van der Waals surface area contributed by atoms with E-state index in [0.717, 1.165) is 0 Å². The lowest BCUT2D eigenvalue weighted by Crippen LogP contribution is -2.12. The fraction of sp³-hybridized carbons (Fsp3) is 0.200. The predicted molar refractivity (Wildman–Crippen MR) is 70.5 cm³/mol. The second-order valence-corrected chi connectivity index (χ2v) is 4.65. The van der Waals surface area contributed by atoms with Crippen LogP contribution in [0.25, 0.3) is 0 Å². The van der Waals surface area contributed by atoms with Crippen LogP contribution in [0.1, 0.15) is 10.4 Å². The highest BCUT2D eigenvalue weighted by atomic mass is 35.5. The Kier molecular flexibility index (Phi) is 6.06. The van der Waals surface area contributed by atoms with Crippen molar-refractivity contribution in [3.8, 4) is 0 Å². The average molecular weight is 315 g/mol. The van der Waals surface area contributed by atoms with Crippen molar-refractivity contribution in [2.75, 3.05) is 5.88 Å². The van der Waals surface area contributed by atoms with E-state index >= 15 is 0 Å². The lowest BCUT2D eigenvalue weighted by Gasteiger charge is -2.03. The van der Waals surface area contributed by atoms with Crippen molar-refractivity contribution in [2.45, 2.75) is 4.84 Å². The molecule has 0 bridgehead atoms. The lowest BCUT2D eigenvalue weighted by atomic mass is 10.2. The monoisotopic (exact) mass is 313 g/mol. The second-order valence-electron chi connectivity index (χ2n) is 2.88. The number of nitrogens with zero attached hydrogens (tertiary/aromatic N) is 1. The summed E-state index contributed by atoms with van der Waals surface area (Å²) in [5, 5.41) is 3.74. The Morgan fingerprint density at radius 2 is 2.00 bits per heavy atom. The first-order valence-corrected chi connectivity index (χ1v) is 6.21. The highest BCUT2D eigenvalue weighted by molar-refractivity contribution is 6.56. The van der Waals surface area contributed by atoms with Crippen LogP contribution in [0.4, 0.5) is 0 Å². The van der Waals surface area contributed by atoms with Crippen LogP contribution < -0.4 is 0 Å². The van der Waals surface area contributed by atoms with Gasteiger partial charge in [0, 0.05) is 0 Å². The molecular formula is C10H7Cl4NO2. The summed E-state index contributed by atoms with van der Waals surface area (Å²) in [6, 6.07) is 6.43. The normalized spacial score (nSPS) is 11.7. The largest absolute Gasteiger partial charge is 0.367 e. The lowest BCUT2D eigenvalue weighted by molar-refractivity contribution is 0.0516. The minimum absolute atomic E-state index is 0.0343. The van der Waals surface area contributed by atoms with E-state index in [4.69, 9.17) is 46.4 Å². The van der Waals surface area contributed by atoms with Crippen LogP contribution in [0.15, 0.2) is 29.4 Å². The number of carbonyl (C=O) groups is 1. The van der Waals surface area contributed by atoms with Crippen LogP contribution in [-0.4, -0.2) is 22.4 Å². The smallest absolute Gasteiger partial charge is 0.313 e. The minimum atomic E-state index is -0.924. The minimum Gasteiger partial charge on any atom is -0.313 e. The first-order chi connectivity index (χ1) is 8.06. The second kappa shape index (κ2) is 7.07. The molecule has 0 aliphatic heterocycles. The van der Waals surface area contributed by atoms with Crippen LogP contribution in [0.3, 0.4) is 0 Å². The molecule has 1 aromatic rings. The molecule has 0 spiro atoms. The van der Waals surface area contributed by atoms with E-state index in [2.05, 4.69) is 9.99 Å². The molecule has 0 N–H and O–H groups in total. The molecule has 1 aromatic carbocycles. The molecule has 0 unspecified atom stereocenters. The topological polar surface area (TPSA) is 38.7 Å². The highest BCUT2D eigenvalue weighted by Gasteiger charge is 2.14. The molecule has 92 valence electrons. The van der Waals surface area contributed by atoms with E-state index in [0.29, 0.717) is 0 Å². The zero-order chi connectivity index (χ0) is 12.8. The van der Waals surface area contributed by atoms with E-state index < -0.39 is 10.8 Å². The Bertz CT molecular complexity index is 434. The van der Waals surface area contributed by atoms with Crippen molar-refractivity contribution in [3.63, 3.8) is 0 Å². The third kappa shape index (κ3) is 4.36. The standard InChI is InChI=1S/C10H7Cl4NO2/c11-5-8(9(13)14)15-17-10(16)6-3-1-2-4-7(6)12/h1-4,9H,5H2/b15-8+. The van der Waals surface area contributed by atoms with E-state index in [9.17, 15) is 4.79 Å². The molecule has 3 nitrogen and oxygen atoms in total. The van der Waals surface area contributed by atoms with Crippen molar-refractivity contribution < 1.29 is 9.63 Å². The third-order valence-electron chi connectivity index (χ3n) is 1.73. The average Bonchev–Trinajstić information content (AvgIpc) is 2.29. The van der Waals surface area contributed by atoms with Gasteiger partial charge in [-0.2, -0.15) is 0 Å². The molecule has 1 rings (SSSR count). The van der Waals surface area contributed by atoms with Crippen LogP contribution in [0.5, 0.6) is 0 Å². The van der Waals surface area contributed by atoms with Gasteiger partial charge in [0.2, 0.25) is 0 Å². The van der Waals surface area contributed by atoms with Gasteiger partial charge in [0.25, 0.3) is 0 Å². The van der Waals surface area contributed by atoms with Crippen molar-refractivity contribution in [3.05, 3.63) is 34.9 Å². The van der Waals surface area contributed by atoms with Gasteiger partial charge in [0.15, 0.2) is 0 Å². The fourth-order valence-corrected chi connectivity index (χ4v) is 1.71. The maximum Gasteiger partial charge on any atom is 0.367 e. The van der Waals surface area contributed by atoms with Gasteiger partial charge in [0.05, 0.1) is 16.5 Å². The van der Waals surface area contributed by atoms with Gasteiger partial charge in [0.1, 0.15) is 10.5 Å². The SMILES string of the molecule is O=C(O/N=C(\CCl)C(Cl)Cl)c1ccccc1Cl. The summed E-state index contributed by atoms with van der Waals surface area (Å²) in [6.45, 7) is 0. The van der Waals surface area contributed by atoms with E-state index in [1.54, 1.807) is 18.2 Å². The molecule has 0 aliphatic carbocycles. The molecule has 0 heterocycles. The van der Waals surface area contributed by atoms with Gasteiger partial charge < -0.3 is 4.84 Å². The summed E-state index contributed by atoms with van der Waals surface area (Å²) < 4.78 is 0. The molecular weight excluding hydrogens is 308 g/mol. The number of rotatable bonds is 4. The fourth-order valence-electron chi connectivity index (χ4n) is 0.899. The van der Waals surface area contributed by atoms with Crippen molar-refractivity contribution in [1.29, 1.82) is 0 Å². The maximum atomic E-state index is 11.6. The van der Waals surface area contributed by atoms with E-state index in [1.165, 1.54) is 6.07 Å². The predicted octanol–water partition coefficient (Wildman–Crippen LogP) is 3.90. The third-order valence-corrected chi connectivity index (χ3v) is 2.84. The molecule has 0 fully saturated rings. The number of hydrogen-bond donors (Lipinski definition) is 0. The number of oxime groups is 1. The molecule has 0 saturated heterocycles. The van der Waals surface area contributed by atoms with Gasteiger partial charge in [-0.25, -0.2) is 4.79 Å². The molecule has 7 heteroatoms. The summed E-state index contributed by atoms with van der Waals surface area (Å²) in [7, 11) is 0. The van der Waals surface area contributed by atoms with Crippen molar-refractivity contribution in [2.24, 2.45) is 5.16 Å². The van der Waals surface area contributed by atoms with Crippen LogP contribution in [0.2, 0.25) is 5.02 Å². The molecule has 0 atom stereocenters. The zero-order valence-electron chi connectivity index (χ0n) is 8.37.